The van der Waals surface area contributed by atoms with Crippen molar-refractivity contribution in [3.63, 3.8) is 0 Å². The van der Waals surface area contributed by atoms with Gasteiger partial charge >= 0.3 is 6.03 Å². The largest absolute Gasteiger partial charge is 0.434 e. The predicted octanol–water partition coefficient (Wildman–Crippen LogP) is 5.16. The van der Waals surface area contributed by atoms with Gasteiger partial charge in [-0.05, 0) is 23.6 Å². The summed E-state index contributed by atoms with van der Waals surface area (Å²) in [7, 11) is 0. The number of benzene rings is 2. The van der Waals surface area contributed by atoms with Crippen LogP contribution in [0.2, 0.25) is 10.0 Å². The van der Waals surface area contributed by atoms with Crippen LogP contribution in [0.15, 0.2) is 53.3 Å². The minimum atomic E-state index is -0.904. The van der Waals surface area contributed by atoms with Crippen molar-refractivity contribution in [1.82, 2.24) is 20.5 Å². The number of nitrogens with one attached hydrogen (secondary N) is 2. The number of aromatic amines is 1. The summed E-state index contributed by atoms with van der Waals surface area (Å²) in [5, 5.41) is 7.55. The molecule has 2 heterocycles. The molecule has 10 nitrogen and oxygen atoms in total. The zero-order valence-electron chi connectivity index (χ0n) is 19.7. The molecule has 0 bridgehead atoms. The van der Waals surface area contributed by atoms with Crippen LogP contribution in [-0.4, -0.2) is 38.7 Å². The molecule has 1 aromatic heterocycles. The Bertz CT molecular complexity index is 1350. The van der Waals surface area contributed by atoms with Gasteiger partial charge in [0.25, 0.3) is 11.5 Å². The molecule has 1 aliphatic rings. The number of amides is 3. The average Bonchev–Trinajstić information content (AvgIpc) is 2.87. The standard InChI is InChI=1S/C24H22BrCl2N5O5/c1-13(2)16-10-19(28-29-22(16)33)37-20-17(26)8-15(9-18(20)27)32-24(35)31(23(34)21(25)30-32)12-36-11-14-6-4-3-5-7-14/h3-10,13,21,30H,11-12H2,1-2H3,(H,29,33). The Morgan fingerprint density at radius 2 is 1.76 bits per heavy atom. The van der Waals surface area contributed by atoms with E-state index in [1.54, 1.807) is 0 Å². The number of imide groups is 1. The quantitative estimate of drug-likeness (QED) is 0.267. The van der Waals surface area contributed by atoms with Crippen molar-refractivity contribution in [2.45, 2.75) is 31.3 Å². The fourth-order valence-corrected chi connectivity index (χ4v) is 4.47. The highest BCUT2D eigenvalue weighted by Crippen LogP contribution is 2.40. The Kier molecular flexibility index (Phi) is 8.50. The third-order valence-electron chi connectivity index (χ3n) is 5.36. The van der Waals surface area contributed by atoms with Crippen LogP contribution in [0.1, 0.15) is 30.9 Å². The number of anilines is 1. The average molecular weight is 611 g/mol. The molecule has 1 saturated heterocycles. The Hall–Kier alpha value is -2.96. The second kappa shape index (κ2) is 11.6. The number of nitrogens with zero attached hydrogens (tertiary/aromatic N) is 3. The lowest BCUT2D eigenvalue weighted by atomic mass is 10.1. The van der Waals surface area contributed by atoms with Crippen molar-refractivity contribution >= 4 is 56.8 Å². The first-order valence-electron chi connectivity index (χ1n) is 11.1. The van der Waals surface area contributed by atoms with Crippen molar-refractivity contribution in [1.29, 1.82) is 0 Å². The molecule has 0 aliphatic carbocycles. The van der Waals surface area contributed by atoms with Gasteiger partial charge in [-0.15, -0.1) is 5.10 Å². The van der Waals surface area contributed by atoms with Gasteiger partial charge in [-0.25, -0.2) is 25.2 Å². The lowest BCUT2D eigenvalue weighted by Crippen LogP contribution is -2.64. The first-order valence-corrected chi connectivity index (χ1v) is 12.8. The Morgan fingerprint density at radius 1 is 1.08 bits per heavy atom. The summed E-state index contributed by atoms with van der Waals surface area (Å²) in [6.45, 7) is 3.69. The highest BCUT2D eigenvalue weighted by Gasteiger charge is 2.39. The topological polar surface area (TPSA) is 117 Å². The molecule has 2 N–H and O–H groups in total. The maximum absolute atomic E-state index is 13.2. The number of hydrogen-bond acceptors (Lipinski definition) is 7. The lowest BCUT2D eigenvalue weighted by molar-refractivity contribution is -0.134. The molecule has 13 heteroatoms. The summed E-state index contributed by atoms with van der Waals surface area (Å²) in [6, 6.07) is 13.1. The fraction of sp³-hybridized carbons (Fsp3) is 0.250. The van der Waals surface area contributed by atoms with E-state index in [1.165, 1.54) is 18.2 Å². The smallest absolute Gasteiger partial charge is 0.347 e. The number of rotatable bonds is 8. The van der Waals surface area contributed by atoms with E-state index >= 15 is 0 Å². The van der Waals surface area contributed by atoms with Crippen LogP contribution in [0.5, 0.6) is 11.6 Å². The van der Waals surface area contributed by atoms with Crippen LogP contribution >= 0.6 is 39.1 Å². The Labute approximate surface area is 230 Å². The molecule has 4 rings (SSSR count). The normalized spacial score (nSPS) is 16.0. The number of aromatic nitrogens is 2. The molecular formula is C24H22BrCl2N5O5. The van der Waals surface area contributed by atoms with E-state index in [0.29, 0.717) is 5.56 Å². The van der Waals surface area contributed by atoms with Gasteiger partial charge in [0.1, 0.15) is 6.73 Å². The van der Waals surface area contributed by atoms with Crippen molar-refractivity contribution in [3.05, 3.63) is 80.1 Å². The van der Waals surface area contributed by atoms with Gasteiger partial charge in [-0.2, -0.15) is 0 Å². The van der Waals surface area contributed by atoms with E-state index in [4.69, 9.17) is 32.7 Å². The van der Waals surface area contributed by atoms with Crippen LogP contribution < -0.4 is 20.7 Å². The molecule has 37 heavy (non-hydrogen) atoms. The third kappa shape index (κ3) is 6.13. The molecule has 0 saturated carbocycles. The van der Waals surface area contributed by atoms with Crippen molar-refractivity contribution in [3.8, 4) is 11.6 Å². The molecule has 2 aromatic carbocycles. The zero-order valence-corrected chi connectivity index (χ0v) is 22.8. The number of ether oxygens (including phenoxy) is 2. The summed E-state index contributed by atoms with van der Waals surface area (Å²) >= 11 is 16.1. The molecule has 1 atom stereocenters. The number of hydrazine groups is 1. The van der Waals surface area contributed by atoms with Gasteiger partial charge in [-0.3, -0.25) is 9.59 Å². The highest BCUT2D eigenvalue weighted by molar-refractivity contribution is 9.10. The second-order valence-electron chi connectivity index (χ2n) is 8.33. The zero-order chi connectivity index (χ0) is 26.7. The second-order valence-corrected chi connectivity index (χ2v) is 10.1. The first-order chi connectivity index (χ1) is 17.7. The van der Waals surface area contributed by atoms with E-state index in [9.17, 15) is 14.4 Å². The third-order valence-corrected chi connectivity index (χ3v) is 6.52. The van der Waals surface area contributed by atoms with Gasteiger partial charge < -0.3 is 9.47 Å². The van der Waals surface area contributed by atoms with E-state index in [1.807, 2.05) is 44.2 Å². The number of alkyl halides is 1. The number of H-pyrrole nitrogens is 1. The molecule has 1 fully saturated rings. The van der Waals surface area contributed by atoms with Crippen LogP contribution in [-0.2, 0) is 16.1 Å². The minimum absolute atomic E-state index is 0.0573. The SMILES string of the molecule is CC(C)c1cc(Oc2c(Cl)cc(N3NC(Br)C(=O)N(COCc4ccccc4)C3=O)cc2Cl)n[nH]c1=O. The van der Waals surface area contributed by atoms with Gasteiger partial charge in [0.2, 0.25) is 5.88 Å². The Morgan fingerprint density at radius 3 is 2.41 bits per heavy atom. The number of carbonyl (C=O) groups excluding carboxylic acids is 2. The summed E-state index contributed by atoms with van der Waals surface area (Å²) in [6.07, 6.45) is 0. The fourth-order valence-electron chi connectivity index (χ4n) is 3.47. The molecule has 1 aliphatic heterocycles. The van der Waals surface area contributed by atoms with Gasteiger partial charge in [0.05, 0.1) is 22.3 Å². The van der Waals surface area contributed by atoms with E-state index < -0.39 is 16.9 Å². The number of hydrogen-bond donors (Lipinski definition) is 2. The summed E-state index contributed by atoms with van der Waals surface area (Å²) in [5.41, 5.74) is 4.09. The first kappa shape index (κ1) is 27.1. The number of urea groups is 1. The van der Waals surface area contributed by atoms with Crippen LogP contribution in [0.3, 0.4) is 0 Å². The maximum atomic E-state index is 13.2. The Balaban J connectivity index is 1.53. The van der Waals surface area contributed by atoms with E-state index in [2.05, 4.69) is 31.6 Å². The molecule has 194 valence electrons. The monoisotopic (exact) mass is 609 g/mol. The van der Waals surface area contributed by atoms with Gasteiger partial charge in [-0.1, -0.05) is 83.3 Å². The van der Waals surface area contributed by atoms with E-state index in [0.717, 1.165) is 15.5 Å². The summed E-state index contributed by atoms with van der Waals surface area (Å²) < 4.78 is 11.4. The molecule has 0 spiro atoms. The van der Waals surface area contributed by atoms with Crippen LogP contribution in [0, 0.1) is 0 Å². The van der Waals surface area contributed by atoms with Crippen LogP contribution in [0.25, 0.3) is 0 Å². The van der Waals surface area contributed by atoms with Gasteiger partial charge in [0.15, 0.2) is 10.7 Å². The molecular weight excluding hydrogens is 589 g/mol. The van der Waals surface area contributed by atoms with E-state index in [-0.39, 0.29) is 52.2 Å². The lowest BCUT2D eigenvalue weighted by Gasteiger charge is -2.37. The van der Waals surface area contributed by atoms with Crippen molar-refractivity contribution in [2.24, 2.45) is 0 Å². The minimum Gasteiger partial charge on any atom is -0.434 e. The molecule has 0 radical (unpaired) electrons. The van der Waals surface area contributed by atoms with Crippen LogP contribution in [0.4, 0.5) is 10.5 Å². The maximum Gasteiger partial charge on any atom is 0.347 e. The summed E-state index contributed by atoms with van der Waals surface area (Å²) in [5.74, 6) is -0.394. The molecule has 1 unspecified atom stereocenters. The number of halogens is 3. The summed E-state index contributed by atoms with van der Waals surface area (Å²) in [4.78, 5) is 37.8. The van der Waals surface area contributed by atoms with Crippen molar-refractivity contribution < 1.29 is 19.1 Å². The van der Waals surface area contributed by atoms with Crippen molar-refractivity contribution in [2.75, 3.05) is 11.7 Å². The number of carbonyl (C=O) groups is 2. The molecule has 3 amide bonds. The predicted molar refractivity (Wildman–Crippen MR) is 142 cm³/mol. The highest BCUT2D eigenvalue weighted by atomic mass is 79.9. The molecule has 3 aromatic rings. The van der Waals surface area contributed by atoms with Gasteiger partial charge in [0, 0.05) is 11.6 Å².